The molecule has 0 radical (unpaired) electrons. The topological polar surface area (TPSA) is 94.8 Å². The first kappa shape index (κ1) is 23.5. The van der Waals surface area contributed by atoms with Gasteiger partial charge in [-0.25, -0.2) is 4.39 Å². The maximum Gasteiger partial charge on any atom is 0.305 e. The molecule has 1 aromatic rings. The van der Waals surface area contributed by atoms with Gasteiger partial charge in [-0.3, -0.25) is 9.36 Å². The number of aliphatic hydroxyl groups excluding tert-OH is 1. The molecule has 0 heterocycles. The lowest BCUT2D eigenvalue weighted by molar-refractivity contribution is -0.138. The summed E-state index contributed by atoms with van der Waals surface area (Å²) in [6.45, 7) is 8.47. The molecule has 2 rings (SSSR count). The molecule has 7 heteroatoms. The number of benzene rings is 1. The predicted molar refractivity (Wildman–Crippen MR) is 112 cm³/mol. The Morgan fingerprint density at radius 3 is 2.38 bits per heavy atom. The Morgan fingerprint density at radius 2 is 1.83 bits per heavy atom. The summed E-state index contributed by atoms with van der Waals surface area (Å²) in [6, 6.07) is 6.23. The molecule has 1 aliphatic rings. The Bertz CT molecular complexity index is 868. The average Bonchev–Trinajstić information content (AvgIpc) is 2.50. The smallest absolute Gasteiger partial charge is 0.305 e. The third kappa shape index (κ3) is 6.63. The van der Waals surface area contributed by atoms with E-state index in [0.717, 1.165) is 29.6 Å². The normalized spacial score (nSPS) is 21.8. The average molecular weight is 424 g/mol. The first-order chi connectivity index (χ1) is 13.2. The summed E-state index contributed by atoms with van der Waals surface area (Å²) in [4.78, 5) is 20.9. The number of carbonyl (C=O) groups is 1. The third-order valence-corrected chi connectivity index (χ3v) is 6.74. The minimum Gasteiger partial charge on any atom is -0.481 e. The number of hydrogen-bond acceptors (Lipinski definition) is 3. The Kier molecular flexibility index (Phi) is 6.93. The van der Waals surface area contributed by atoms with Crippen LogP contribution in [0.3, 0.4) is 0 Å². The standard InChI is InChI=1S/C22H30FO5P/c1-21(2)12-18(15-5-7-16(23)8-6-15)19(22(3,4)14-21)9-10-29(27,28)13-17(24)11-20(25)26/h5-10,17,24H,11-14H2,1-4H3,(H,25,26)(H,27,28)/t17-/m0/s1. The van der Waals surface area contributed by atoms with Crippen molar-refractivity contribution in [3.63, 3.8) is 0 Å². The fourth-order valence-corrected chi connectivity index (χ4v) is 5.63. The second-order valence-corrected chi connectivity index (χ2v) is 11.5. The molecule has 1 aromatic carbocycles. The van der Waals surface area contributed by atoms with Crippen molar-refractivity contribution in [1.29, 1.82) is 0 Å². The van der Waals surface area contributed by atoms with E-state index in [1.807, 2.05) is 0 Å². The van der Waals surface area contributed by atoms with Crippen LogP contribution in [0.2, 0.25) is 0 Å². The number of aliphatic hydroxyl groups is 1. The fourth-order valence-electron chi connectivity index (χ4n) is 4.39. The molecule has 160 valence electrons. The molecule has 2 atom stereocenters. The van der Waals surface area contributed by atoms with Crippen molar-refractivity contribution >= 4 is 18.9 Å². The van der Waals surface area contributed by atoms with Gasteiger partial charge in [0, 0.05) is 5.82 Å². The van der Waals surface area contributed by atoms with Gasteiger partial charge in [0.2, 0.25) is 7.37 Å². The Hall–Kier alpha value is -1.75. The van der Waals surface area contributed by atoms with Crippen LogP contribution in [0.25, 0.3) is 5.57 Å². The summed E-state index contributed by atoms with van der Waals surface area (Å²) in [5, 5.41) is 18.5. The number of hydrogen-bond donors (Lipinski definition) is 3. The number of aliphatic carboxylic acids is 1. The molecule has 0 aromatic heterocycles. The second kappa shape index (κ2) is 8.55. The molecular weight excluding hydrogens is 394 g/mol. The molecule has 0 saturated carbocycles. The lowest BCUT2D eigenvalue weighted by Crippen LogP contribution is -2.30. The minimum absolute atomic E-state index is 0.00511. The first-order valence-corrected chi connectivity index (χ1v) is 11.5. The maximum atomic E-state index is 13.4. The van der Waals surface area contributed by atoms with Gasteiger partial charge in [0.15, 0.2) is 0 Å². The summed E-state index contributed by atoms with van der Waals surface area (Å²) >= 11 is 0. The van der Waals surface area contributed by atoms with Crippen molar-refractivity contribution in [1.82, 2.24) is 0 Å². The van der Waals surface area contributed by atoms with Crippen molar-refractivity contribution in [2.45, 2.75) is 53.1 Å². The Morgan fingerprint density at radius 1 is 1.24 bits per heavy atom. The molecule has 29 heavy (non-hydrogen) atoms. The highest BCUT2D eigenvalue weighted by molar-refractivity contribution is 7.61. The lowest BCUT2D eigenvalue weighted by Gasteiger charge is -2.43. The highest BCUT2D eigenvalue weighted by atomic mass is 31.2. The summed E-state index contributed by atoms with van der Waals surface area (Å²) < 4.78 is 25.9. The van der Waals surface area contributed by atoms with Crippen LogP contribution in [0.4, 0.5) is 4.39 Å². The Labute approximate surface area is 171 Å². The van der Waals surface area contributed by atoms with Gasteiger partial charge < -0.3 is 15.1 Å². The molecule has 1 unspecified atom stereocenters. The quantitative estimate of drug-likeness (QED) is 0.533. The highest BCUT2D eigenvalue weighted by Crippen LogP contribution is 2.53. The lowest BCUT2D eigenvalue weighted by atomic mass is 9.61. The number of allylic oxidation sites excluding steroid dienone is 3. The Balaban J connectivity index is 2.45. The van der Waals surface area contributed by atoms with Crippen molar-refractivity contribution in [2.24, 2.45) is 10.8 Å². The van der Waals surface area contributed by atoms with Crippen LogP contribution in [0.15, 0.2) is 41.7 Å². The SMILES string of the molecule is CC1(C)CC(c2ccc(F)cc2)=C(C=CP(=O)(O)C[C@@H](O)CC(=O)O)C(C)(C)C1. The van der Waals surface area contributed by atoms with Crippen molar-refractivity contribution in [3.05, 3.63) is 53.1 Å². The summed E-state index contributed by atoms with van der Waals surface area (Å²) in [5.41, 5.74) is 2.47. The molecule has 5 nitrogen and oxygen atoms in total. The van der Waals surface area contributed by atoms with E-state index in [0.29, 0.717) is 0 Å². The van der Waals surface area contributed by atoms with E-state index in [1.165, 1.54) is 17.9 Å². The van der Waals surface area contributed by atoms with Crippen LogP contribution < -0.4 is 0 Å². The van der Waals surface area contributed by atoms with Crippen LogP contribution in [0.1, 0.15) is 52.5 Å². The number of carboxylic acid groups (broad SMARTS) is 1. The number of carboxylic acids is 1. The molecule has 0 bridgehead atoms. The van der Waals surface area contributed by atoms with E-state index in [4.69, 9.17) is 5.11 Å². The summed E-state index contributed by atoms with van der Waals surface area (Å²) in [5.74, 6) is -0.358. The molecular formula is C22H30FO5P. The fraction of sp³-hybridized carbons (Fsp3) is 0.500. The largest absolute Gasteiger partial charge is 0.481 e. The molecule has 0 amide bonds. The van der Waals surface area contributed by atoms with E-state index < -0.39 is 32.0 Å². The molecule has 0 fully saturated rings. The van der Waals surface area contributed by atoms with Crippen LogP contribution in [-0.2, 0) is 9.36 Å². The van der Waals surface area contributed by atoms with E-state index in [-0.39, 0.29) is 16.6 Å². The number of halogens is 1. The monoisotopic (exact) mass is 424 g/mol. The predicted octanol–water partition coefficient (Wildman–Crippen LogP) is 5.05. The van der Waals surface area contributed by atoms with E-state index in [2.05, 4.69) is 27.7 Å². The second-order valence-electron chi connectivity index (χ2n) is 9.31. The van der Waals surface area contributed by atoms with Gasteiger partial charge in [-0.05, 0) is 52.5 Å². The van der Waals surface area contributed by atoms with Gasteiger partial charge >= 0.3 is 5.97 Å². The van der Waals surface area contributed by atoms with Crippen molar-refractivity contribution in [2.75, 3.05) is 6.16 Å². The van der Waals surface area contributed by atoms with Gasteiger partial charge in [0.25, 0.3) is 0 Å². The summed E-state index contributed by atoms with van der Waals surface area (Å²) in [6.07, 6.45) is 0.739. The molecule has 0 spiro atoms. The zero-order valence-electron chi connectivity index (χ0n) is 17.4. The van der Waals surface area contributed by atoms with Crippen LogP contribution in [0, 0.1) is 16.6 Å². The molecule has 0 aliphatic heterocycles. The van der Waals surface area contributed by atoms with Gasteiger partial charge in [-0.1, -0.05) is 45.9 Å². The molecule has 1 aliphatic carbocycles. The van der Waals surface area contributed by atoms with Crippen LogP contribution >= 0.6 is 7.37 Å². The van der Waals surface area contributed by atoms with E-state index in [1.54, 1.807) is 18.2 Å². The van der Waals surface area contributed by atoms with Gasteiger partial charge in [0.05, 0.1) is 18.7 Å². The number of rotatable bonds is 7. The van der Waals surface area contributed by atoms with Crippen molar-refractivity contribution < 1.29 is 28.9 Å². The van der Waals surface area contributed by atoms with Crippen molar-refractivity contribution in [3.8, 4) is 0 Å². The summed E-state index contributed by atoms with van der Waals surface area (Å²) in [7, 11) is -3.87. The van der Waals surface area contributed by atoms with E-state index >= 15 is 0 Å². The zero-order valence-corrected chi connectivity index (χ0v) is 18.2. The highest BCUT2D eigenvalue weighted by Gasteiger charge is 2.38. The first-order valence-electron chi connectivity index (χ1n) is 9.61. The third-order valence-electron chi connectivity index (χ3n) is 5.18. The zero-order chi connectivity index (χ0) is 22.0. The van der Waals surface area contributed by atoms with Gasteiger partial charge in [-0.2, -0.15) is 0 Å². The maximum absolute atomic E-state index is 13.4. The molecule has 3 N–H and O–H groups in total. The van der Waals surface area contributed by atoms with E-state index in [9.17, 15) is 23.7 Å². The van der Waals surface area contributed by atoms with Crippen LogP contribution in [-0.4, -0.2) is 33.3 Å². The minimum atomic E-state index is -3.87. The molecule has 0 saturated heterocycles. The van der Waals surface area contributed by atoms with Gasteiger partial charge in [-0.15, -0.1) is 0 Å². The van der Waals surface area contributed by atoms with Gasteiger partial charge in [0.1, 0.15) is 5.82 Å². The van der Waals surface area contributed by atoms with Crippen LogP contribution in [0.5, 0.6) is 0 Å².